The Hall–Kier alpha value is -0.0800. The highest BCUT2D eigenvalue weighted by molar-refractivity contribution is 4.88. The summed E-state index contributed by atoms with van der Waals surface area (Å²) >= 11 is 0. The van der Waals surface area contributed by atoms with Crippen molar-refractivity contribution in [2.45, 2.75) is 76.4 Å². The van der Waals surface area contributed by atoms with Crippen molar-refractivity contribution >= 4 is 0 Å². The van der Waals surface area contributed by atoms with Crippen LogP contribution in [-0.2, 0) is 4.74 Å². The number of ether oxygens (including phenoxy) is 1. The summed E-state index contributed by atoms with van der Waals surface area (Å²) in [5, 5.41) is 0. The standard InChI is InChI=1S/C13H27NO/c1-12(2,15-3)10-11-13(14)8-6-4-5-7-9-13/h4-11,14H2,1-3H3. The van der Waals surface area contributed by atoms with E-state index >= 15 is 0 Å². The molecule has 0 heterocycles. The lowest BCUT2D eigenvalue weighted by atomic mass is 9.83. The average Bonchev–Trinajstić information content (AvgIpc) is 2.42. The second-order valence-electron chi connectivity index (χ2n) is 5.74. The second-order valence-corrected chi connectivity index (χ2v) is 5.74. The monoisotopic (exact) mass is 213 g/mol. The van der Waals surface area contributed by atoms with E-state index < -0.39 is 0 Å². The molecule has 1 saturated carbocycles. The molecule has 0 spiro atoms. The largest absolute Gasteiger partial charge is 0.379 e. The van der Waals surface area contributed by atoms with E-state index in [-0.39, 0.29) is 11.1 Å². The number of hydrogen-bond acceptors (Lipinski definition) is 2. The molecule has 2 N–H and O–H groups in total. The van der Waals surface area contributed by atoms with E-state index in [2.05, 4.69) is 13.8 Å². The van der Waals surface area contributed by atoms with E-state index in [0.29, 0.717) is 0 Å². The van der Waals surface area contributed by atoms with Gasteiger partial charge in [0.05, 0.1) is 5.60 Å². The molecule has 1 aliphatic rings. The van der Waals surface area contributed by atoms with Crippen molar-refractivity contribution in [1.82, 2.24) is 0 Å². The third kappa shape index (κ3) is 4.52. The zero-order chi connectivity index (χ0) is 11.4. The Morgan fingerprint density at radius 1 is 1.13 bits per heavy atom. The molecule has 0 aromatic carbocycles. The molecule has 0 aliphatic heterocycles. The van der Waals surface area contributed by atoms with Crippen molar-refractivity contribution in [2.24, 2.45) is 5.73 Å². The fraction of sp³-hybridized carbons (Fsp3) is 1.00. The summed E-state index contributed by atoms with van der Waals surface area (Å²) in [6, 6.07) is 0. The smallest absolute Gasteiger partial charge is 0.0623 e. The van der Waals surface area contributed by atoms with E-state index in [1.54, 1.807) is 7.11 Å². The van der Waals surface area contributed by atoms with Crippen LogP contribution in [-0.4, -0.2) is 18.2 Å². The molecular formula is C13H27NO. The summed E-state index contributed by atoms with van der Waals surface area (Å²) in [5.74, 6) is 0. The number of rotatable bonds is 4. The van der Waals surface area contributed by atoms with Crippen LogP contribution in [0.2, 0.25) is 0 Å². The third-order valence-electron chi connectivity index (χ3n) is 3.88. The molecule has 0 aromatic rings. The molecule has 15 heavy (non-hydrogen) atoms. The minimum absolute atomic E-state index is 0.0152. The highest BCUT2D eigenvalue weighted by Gasteiger charge is 2.29. The van der Waals surface area contributed by atoms with Crippen LogP contribution in [0.3, 0.4) is 0 Å². The predicted molar refractivity (Wildman–Crippen MR) is 64.9 cm³/mol. The van der Waals surface area contributed by atoms with Crippen LogP contribution in [0.15, 0.2) is 0 Å². The van der Waals surface area contributed by atoms with Gasteiger partial charge >= 0.3 is 0 Å². The van der Waals surface area contributed by atoms with Crippen LogP contribution in [0.1, 0.15) is 65.2 Å². The maximum absolute atomic E-state index is 6.47. The minimum atomic E-state index is -0.0152. The van der Waals surface area contributed by atoms with Crippen molar-refractivity contribution in [3.8, 4) is 0 Å². The van der Waals surface area contributed by atoms with Crippen molar-refractivity contribution in [3.63, 3.8) is 0 Å². The first-order valence-electron chi connectivity index (χ1n) is 6.32. The summed E-state index contributed by atoms with van der Waals surface area (Å²) in [5.41, 5.74) is 6.54. The first-order chi connectivity index (χ1) is 6.97. The number of methoxy groups -OCH3 is 1. The maximum Gasteiger partial charge on any atom is 0.0623 e. The molecule has 2 nitrogen and oxygen atoms in total. The topological polar surface area (TPSA) is 35.2 Å². The molecule has 0 unspecified atom stereocenters. The fourth-order valence-corrected chi connectivity index (χ4v) is 2.33. The number of nitrogens with two attached hydrogens (primary N) is 1. The first kappa shape index (κ1) is 13.0. The zero-order valence-corrected chi connectivity index (χ0v) is 10.6. The molecule has 0 amide bonds. The average molecular weight is 213 g/mol. The van der Waals surface area contributed by atoms with E-state index in [4.69, 9.17) is 10.5 Å². The molecule has 0 aromatic heterocycles. The van der Waals surface area contributed by atoms with Crippen LogP contribution in [0, 0.1) is 0 Å². The fourth-order valence-electron chi connectivity index (χ4n) is 2.33. The van der Waals surface area contributed by atoms with Crippen LogP contribution >= 0.6 is 0 Å². The predicted octanol–water partition coefficient (Wildman–Crippen LogP) is 3.24. The lowest BCUT2D eigenvalue weighted by Crippen LogP contribution is -2.41. The van der Waals surface area contributed by atoms with Crippen LogP contribution < -0.4 is 5.73 Å². The van der Waals surface area contributed by atoms with Gasteiger partial charge in [0.15, 0.2) is 0 Å². The van der Waals surface area contributed by atoms with Gasteiger partial charge in [0.1, 0.15) is 0 Å². The Labute approximate surface area is 94.6 Å². The van der Waals surface area contributed by atoms with E-state index in [0.717, 1.165) is 12.8 Å². The van der Waals surface area contributed by atoms with Gasteiger partial charge in [-0.2, -0.15) is 0 Å². The molecule has 0 bridgehead atoms. The summed E-state index contributed by atoms with van der Waals surface area (Å²) in [4.78, 5) is 0. The van der Waals surface area contributed by atoms with Gasteiger partial charge in [-0.3, -0.25) is 0 Å². The van der Waals surface area contributed by atoms with E-state index in [9.17, 15) is 0 Å². The summed E-state index contributed by atoms with van der Waals surface area (Å²) in [7, 11) is 1.79. The molecule has 0 atom stereocenters. The normalized spacial score (nSPS) is 22.4. The van der Waals surface area contributed by atoms with Gasteiger partial charge in [0, 0.05) is 12.6 Å². The summed E-state index contributed by atoms with van der Waals surface area (Å²) in [6.45, 7) is 4.29. The Kier molecular flexibility index (Phi) is 4.60. The van der Waals surface area contributed by atoms with Gasteiger partial charge in [-0.15, -0.1) is 0 Å². The first-order valence-corrected chi connectivity index (χ1v) is 6.32. The minimum Gasteiger partial charge on any atom is -0.379 e. The van der Waals surface area contributed by atoms with Crippen LogP contribution in [0.4, 0.5) is 0 Å². The van der Waals surface area contributed by atoms with Gasteiger partial charge in [0.2, 0.25) is 0 Å². The summed E-state index contributed by atoms with van der Waals surface area (Å²) < 4.78 is 5.45. The molecule has 1 aliphatic carbocycles. The molecule has 1 rings (SSSR count). The molecule has 2 heteroatoms. The molecule has 1 fully saturated rings. The molecule has 0 radical (unpaired) electrons. The van der Waals surface area contributed by atoms with Crippen molar-refractivity contribution < 1.29 is 4.74 Å². The van der Waals surface area contributed by atoms with Gasteiger partial charge in [-0.1, -0.05) is 25.7 Å². The Morgan fingerprint density at radius 2 is 1.67 bits per heavy atom. The van der Waals surface area contributed by atoms with Gasteiger partial charge in [-0.25, -0.2) is 0 Å². The van der Waals surface area contributed by atoms with Gasteiger partial charge in [-0.05, 0) is 39.5 Å². The van der Waals surface area contributed by atoms with Crippen molar-refractivity contribution in [1.29, 1.82) is 0 Å². The Balaban J connectivity index is 2.40. The van der Waals surface area contributed by atoms with Crippen LogP contribution in [0.5, 0.6) is 0 Å². The third-order valence-corrected chi connectivity index (χ3v) is 3.88. The zero-order valence-electron chi connectivity index (χ0n) is 10.6. The quantitative estimate of drug-likeness (QED) is 0.728. The highest BCUT2D eigenvalue weighted by atomic mass is 16.5. The lowest BCUT2D eigenvalue weighted by molar-refractivity contribution is 0.00813. The van der Waals surface area contributed by atoms with Crippen molar-refractivity contribution in [2.75, 3.05) is 7.11 Å². The van der Waals surface area contributed by atoms with Gasteiger partial charge in [0.25, 0.3) is 0 Å². The Morgan fingerprint density at radius 3 is 2.13 bits per heavy atom. The van der Waals surface area contributed by atoms with E-state index in [1.807, 2.05) is 0 Å². The number of hydrogen-bond donors (Lipinski definition) is 1. The SMILES string of the molecule is COC(C)(C)CCC1(N)CCCCCC1. The Bertz CT molecular complexity index is 181. The molecular weight excluding hydrogens is 186 g/mol. The van der Waals surface area contributed by atoms with Crippen molar-refractivity contribution in [3.05, 3.63) is 0 Å². The van der Waals surface area contributed by atoms with Gasteiger partial charge < -0.3 is 10.5 Å². The highest BCUT2D eigenvalue weighted by Crippen LogP contribution is 2.31. The lowest BCUT2D eigenvalue weighted by Gasteiger charge is -2.32. The second kappa shape index (κ2) is 5.31. The van der Waals surface area contributed by atoms with Crippen LogP contribution in [0.25, 0.3) is 0 Å². The molecule has 90 valence electrons. The molecule has 0 saturated heterocycles. The summed E-state index contributed by atoms with van der Waals surface area (Å²) in [6.07, 6.45) is 9.93. The maximum atomic E-state index is 6.47. The van der Waals surface area contributed by atoms with E-state index in [1.165, 1.54) is 38.5 Å².